The van der Waals surface area contributed by atoms with E-state index < -0.39 is 16.5 Å². The number of ether oxygens (including phenoxy) is 2. The van der Waals surface area contributed by atoms with Crippen LogP contribution in [0, 0.1) is 28.4 Å². The van der Waals surface area contributed by atoms with Gasteiger partial charge in [-0.15, -0.1) is 0 Å². The summed E-state index contributed by atoms with van der Waals surface area (Å²) in [5.74, 6) is -0.221. The van der Waals surface area contributed by atoms with Crippen LogP contribution in [0.5, 0.6) is 11.5 Å². The molecule has 8 nitrogen and oxygen atoms in total. The Labute approximate surface area is 211 Å². The number of hydrogen-bond acceptors (Lipinski definition) is 6. The first kappa shape index (κ1) is 25.6. The van der Waals surface area contributed by atoms with Crippen LogP contribution in [0.4, 0.5) is 11.4 Å². The van der Waals surface area contributed by atoms with Crippen molar-refractivity contribution in [1.82, 2.24) is 0 Å². The van der Waals surface area contributed by atoms with Gasteiger partial charge >= 0.3 is 0 Å². The maximum atomic E-state index is 12.7. The average Bonchev–Trinajstić information content (AvgIpc) is 2.83. The lowest BCUT2D eigenvalue weighted by Gasteiger charge is -2.14. The molecule has 0 saturated carbocycles. The van der Waals surface area contributed by atoms with Gasteiger partial charge in [0.1, 0.15) is 23.9 Å². The van der Waals surface area contributed by atoms with E-state index in [1.807, 2.05) is 31.2 Å². The van der Waals surface area contributed by atoms with Crippen molar-refractivity contribution in [2.45, 2.75) is 13.5 Å². The van der Waals surface area contributed by atoms with E-state index in [1.165, 1.54) is 31.4 Å². The van der Waals surface area contributed by atoms with E-state index >= 15 is 0 Å². The van der Waals surface area contributed by atoms with E-state index in [0.717, 1.165) is 17.2 Å². The monoisotopic (exact) mass is 511 g/mol. The Balaban J connectivity index is 1.84. The third kappa shape index (κ3) is 6.51. The van der Waals surface area contributed by atoms with Crippen LogP contribution in [-0.2, 0) is 11.4 Å². The summed E-state index contributed by atoms with van der Waals surface area (Å²) in [5, 5.41) is 23.5. The standard InChI is InChI=1S/C25H19Cl2N3O5/c1-15-3-5-16(6-4-15)14-35-24-20(27)10-17(11-23(24)34-2)9-18(13-28)25(31)29-21-8-7-19(26)12-22(21)30(32)33/h3-12H,14H2,1-2H3,(H,29,31)/b18-9-. The maximum absolute atomic E-state index is 12.7. The lowest BCUT2D eigenvalue weighted by molar-refractivity contribution is -0.383. The molecule has 0 aromatic heterocycles. The van der Waals surface area contributed by atoms with Crippen molar-refractivity contribution in [2.24, 2.45) is 0 Å². The minimum Gasteiger partial charge on any atom is -0.493 e. The van der Waals surface area contributed by atoms with Crippen molar-refractivity contribution in [3.8, 4) is 17.6 Å². The number of carbonyl (C=O) groups is 1. The molecular weight excluding hydrogens is 493 g/mol. The van der Waals surface area contributed by atoms with E-state index in [9.17, 15) is 20.2 Å². The molecule has 0 atom stereocenters. The quantitative estimate of drug-likeness (QED) is 0.163. The highest BCUT2D eigenvalue weighted by atomic mass is 35.5. The van der Waals surface area contributed by atoms with Gasteiger partial charge in [-0.2, -0.15) is 5.26 Å². The van der Waals surface area contributed by atoms with Gasteiger partial charge in [0.15, 0.2) is 11.5 Å². The van der Waals surface area contributed by atoms with Gasteiger partial charge < -0.3 is 14.8 Å². The van der Waals surface area contributed by atoms with Gasteiger partial charge in [0.05, 0.1) is 17.1 Å². The van der Waals surface area contributed by atoms with Gasteiger partial charge in [-0.1, -0.05) is 53.0 Å². The molecule has 0 heterocycles. The molecule has 178 valence electrons. The van der Waals surface area contributed by atoms with Crippen LogP contribution >= 0.6 is 23.2 Å². The number of carbonyl (C=O) groups excluding carboxylic acids is 1. The molecule has 3 aromatic rings. The minimum atomic E-state index is -0.840. The van der Waals surface area contributed by atoms with Crippen molar-refractivity contribution in [3.05, 3.63) is 97.0 Å². The predicted molar refractivity (Wildman–Crippen MR) is 134 cm³/mol. The molecule has 0 spiro atoms. The number of nitro groups is 1. The normalized spacial score (nSPS) is 10.9. The summed E-state index contributed by atoms with van der Waals surface area (Å²) in [5.41, 5.74) is 1.66. The van der Waals surface area contributed by atoms with Crippen molar-refractivity contribution in [1.29, 1.82) is 5.26 Å². The number of anilines is 1. The van der Waals surface area contributed by atoms with Crippen molar-refractivity contribution in [2.75, 3.05) is 12.4 Å². The number of benzene rings is 3. The molecule has 0 bridgehead atoms. The lowest BCUT2D eigenvalue weighted by Crippen LogP contribution is -2.14. The molecule has 0 saturated heterocycles. The molecule has 0 unspecified atom stereocenters. The van der Waals surface area contributed by atoms with Crippen LogP contribution < -0.4 is 14.8 Å². The number of nitrogens with zero attached hydrogens (tertiary/aromatic N) is 2. The lowest BCUT2D eigenvalue weighted by atomic mass is 10.1. The highest BCUT2D eigenvalue weighted by molar-refractivity contribution is 6.32. The highest BCUT2D eigenvalue weighted by Gasteiger charge is 2.19. The fourth-order valence-electron chi connectivity index (χ4n) is 3.07. The second-order valence-corrected chi connectivity index (χ2v) is 8.19. The predicted octanol–water partition coefficient (Wildman–Crippen LogP) is 6.34. The van der Waals surface area contributed by atoms with Gasteiger partial charge in [-0.05, 0) is 48.4 Å². The summed E-state index contributed by atoms with van der Waals surface area (Å²) in [6, 6.07) is 16.5. The maximum Gasteiger partial charge on any atom is 0.294 e. The molecule has 35 heavy (non-hydrogen) atoms. The Kier molecular flexibility index (Phi) is 8.31. The van der Waals surface area contributed by atoms with Crippen LogP contribution in [-0.4, -0.2) is 17.9 Å². The smallest absolute Gasteiger partial charge is 0.294 e. The van der Waals surface area contributed by atoms with E-state index in [0.29, 0.717) is 17.1 Å². The Morgan fingerprint density at radius 1 is 1.17 bits per heavy atom. The van der Waals surface area contributed by atoms with Gasteiger partial charge in [0, 0.05) is 11.1 Å². The number of halogens is 2. The number of methoxy groups -OCH3 is 1. The summed E-state index contributed by atoms with van der Waals surface area (Å²) in [6.07, 6.45) is 1.29. The first-order valence-corrected chi connectivity index (χ1v) is 10.9. The van der Waals surface area contributed by atoms with Gasteiger partial charge in [0.25, 0.3) is 11.6 Å². The number of nitro benzene ring substituents is 1. The summed E-state index contributed by atoms with van der Waals surface area (Å²) in [4.78, 5) is 23.2. The first-order chi connectivity index (χ1) is 16.7. The number of rotatable bonds is 8. The molecule has 0 radical (unpaired) electrons. The summed E-state index contributed by atoms with van der Waals surface area (Å²) < 4.78 is 11.2. The Morgan fingerprint density at radius 2 is 1.89 bits per heavy atom. The van der Waals surface area contributed by atoms with E-state index in [4.69, 9.17) is 32.7 Å². The second-order valence-electron chi connectivity index (χ2n) is 7.35. The van der Waals surface area contributed by atoms with E-state index in [-0.39, 0.29) is 27.9 Å². The number of amides is 1. The molecule has 1 amide bonds. The molecule has 10 heteroatoms. The van der Waals surface area contributed by atoms with Crippen LogP contribution in [0.15, 0.2) is 60.2 Å². The summed E-state index contributed by atoms with van der Waals surface area (Å²) in [6.45, 7) is 2.25. The molecular formula is C25H19Cl2N3O5. The largest absolute Gasteiger partial charge is 0.493 e. The van der Waals surface area contributed by atoms with Crippen molar-refractivity contribution >= 4 is 46.6 Å². The Hall–Kier alpha value is -4.06. The van der Waals surface area contributed by atoms with Gasteiger partial charge in [-0.3, -0.25) is 14.9 Å². The fourth-order valence-corrected chi connectivity index (χ4v) is 3.51. The zero-order valence-corrected chi connectivity index (χ0v) is 20.2. The second kappa shape index (κ2) is 11.4. The van der Waals surface area contributed by atoms with Crippen molar-refractivity contribution in [3.63, 3.8) is 0 Å². The Bertz CT molecular complexity index is 1350. The average molecular weight is 512 g/mol. The third-order valence-electron chi connectivity index (χ3n) is 4.84. The SMILES string of the molecule is COc1cc(/C=C(/C#N)C(=O)Nc2ccc(Cl)cc2[N+](=O)[O-])cc(Cl)c1OCc1ccc(C)cc1. The fraction of sp³-hybridized carbons (Fsp3) is 0.120. The van der Waals surface area contributed by atoms with Crippen molar-refractivity contribution < 1.29 is 19.2 Å². The molecule has 3 rings (SSSR count). The number of aryl methyl sites for hydroxylation is 1. The minimum absolute atomic E-state index is 0.0963. The Morgan fingerprint density at radius 3 is 2.51 bits per heavy atom. The molecule has 1 N–H and O–H groups in total. The topological polar surface area (TPSA) is 114 Å². The zero-order chi connectivity index (χ0) is 25.5. The molecule has 0 aliphatic rings. The number of nitrogens with one attached hydrogen (secondary N) is 1. The third-order valence-corrected chi connectivity index (χ3v) is 5.35. The number of nitriles is 1. The molecule has 0 aliphatic heterocycles. The van der Waals surface area contributed by atoms with E-state index in [2.05, 4.69) is 5.32 Å². The van der Waals surface area contributed by atoms with Gasteiger partial charge in [-0.25, -0.2) is 0 Å². The number of hydrogen-bond donors (Lipinski definition) is 1. The van der Waals surface area contributed by atoms with Crippen LogP contribution in [0.3, 0.4) is 0 Å². The summed E-state index contributed by atoms with van der Waals surface area (Å²) in [7, 11) is 1.44. The van der Waals surface area contributed by atoms with Crippen LogP contribution in [0.2, 0.25) is 10.0 Å². The first-order valence-electron chi connectivity index (χ1n) is 10.1. The molecule has 0 fully saturated rings. The van der Waals surface area contributed by atoms with Gasteiger partial charge in [0.2, 0.25) is 0 Å². The zero-order valence-electron chi connectivity index (χ0n) is 18.7. The van der Waals surface area contributed by atoms with E-state index in [1.54, 1.807) is 12.1 Å². The molecule has 0 aliphatic carbocycles. The summed E-state index contributed by atoms with van der Waals surface area (Å²) >= 11 is 12.2. The highest BCUT2D eigenvalue weighted by Crippen LogP contribution is 2.37. The van der Waals surface area contributed by atoms with Crippen LogP contribution in [0.25, 0.3) is 6.08 Å². The van der Waals surface area contributed by atoms with Crippen LogP contribution in [0.1, 0.15) is 16.7 Å². The molecule has 3 aromatic carbocycles.